The number of carbonyl (C=O) groups is 2. The van der Waals surface area contributed by atoms with Crippen LogP contribution in [0, 0.1) is 5.92 Å². The summed E-state index contributed by atoms with van der Waals surface area (Å²) in [5, 5.41) is 2.00. The topological polar surface area (TPSA) is 68.3 Å². The predicted octanol–water partition coefficient (Wildman–Crippen LogP) is 3.18. The minimum atomic E-state index is -0.303. The smallest absolute Gasteiger partial charge is 0.309 e. The van der Waals surface area contributed by atoms with Gasteiger partial charge >= 0.3 is 5.97 Å². The van der Waals surface area contributed by atoms with E-state index in [9.17, 15) is 9.59 Å². The molecule has 1 aliphatic heterocycles. The number of thiophene rings is 1. The first-order valence-corrected chi connectivity index (χ1v) is 10.9. The normalized spacial score (nSPS) is 13.7. The molecule has 1 aromatic carbocycles. The maximum Gasteiger partial charge on any atom is 0.309 e. The number of esters is 1. The number of fused-ring (bicyclic) bond motifs is 1. The third-order valence-corrected chi connectivity index (χ3v) is 5.84. The Morgan fingerprint density at radius 3 is 2.63 bits per heavy atom. The molecule has 7 nitrogen and oxygen atoms in total. The van der Waals surface area contributed by atoms with Crippen LogP contribution in [0.1, 0.15) is 18.7 Å². The number of hydrogen-bond donors (Lipinski definition) is 0. The van der Waals surface area contributed by atoms with Gasteiger partial charge < -0.3 is 19.1 Å². The fourth-order valence-corrected chi connectivity index (χ4v) is 4.02. The number of nitrogens with zero attached hydrogens (tertiary/aromatic N) is 2. The number of rotatable bonds is 9. The fraction of sp³-hybridized carbons (Fsp3) is 0.455. The van der Waals surface area contributed by atoms with Crippen molar-refractivity contribution in [3.63, 3.8) is 0 Å². The van der Waals surface area contributed by atoms with Gasteiger partial charge in [-0.15, -0.1) is 11.3 Å². The maximum absolute atomic E-state index is 13.3. The molecular weight excluding hydrogens is 404 g/mol. The van der Waals surface area contributed by atoms with Gasteiger partial charge in [-0.3, -0.25) is 14.5 Å². The molecule has 162 valence electrons. The lowest BCUT2D eigenvalue weighted by Gasteiger charge is -2.28. The van der Waals surface area contributed by atoms with Gasteiger partial charge in [-0.25, -0.2) is 0 Å². The molecule has 0 fully saturated rings. The molecule has 30 heavy (non-hydrogen) atoms. The van der Waals surface area contributed by atoms with E-state index in [-0.39, 0.29) is 24.3 Å². The zero-order valence-corrected chi connectivity index (χ0v) is 18.4. The Kier molecular flexibility index (Phi) is 7.70. The number of likely N-dealkylation sites (N-methyl/N-ethyl adjacent to an activating group) is 1. The number of hydrogen-bond acceptors (Lipinski definition) is 7. The first-order chi connectivity index (χ1) is 14.5. The Balaban J connectivity index is 1.79. The Morgan fingerprint density at radius 1 is 1.20 bits per heavy atom. The van der Waals surface area contributed by atoms with Crippen LogP contribution in [0.15, 0.2) is 35.7 Å². The number of anilines is 1. The van der Waals surface area contributed by atoms with E-state index in [1.807, 2.05) is 54.5 Å². The van der Waals surface area contributed by atoms with Crippen molar-refractivity contribution in [1.29, 1.82) is 0 Å². The molecule has 0 saturated heterocycles. The molecule has 1 aliphatic rings. The summed E-state index contributed by atoms with van der Waals surface area (Å²) in [5.74, 6) is 0.718. The van der Waals surface area contributed by atoms with Crippen LogP contribution >= 0.6 is 11.3 Å². The predicted molar refractivity (Wildman–Crippen MR) is 116 cm³/mol. The third kappa shape index (κ3) is 5.52. The number of methoxy groups -OCH3 is 1. The summed E-state index contributed by atoms with van der Waals surface area (Å²) in [4.78, 5) is 29.9. The highest BCUT2D eigenvalue weighted by molar-refractivity contribution is 7.09. The molecule has 0 bridgehead atoms. The average molecular weight is 433 g/mol. The van der Waals surface area contributed by atoms with E-state index >= 15 is 0 Å². The van der Waals surface area contributed by atoms with Crippen LogP contribution in [0.2, 0.25) is 0 Å². The van der Waals surface area contributed by atoms with Crippen LogP contribution in [0.25, 0.3) is 0 Å². The second-order valence-electron chi connectivity index (χ2n) is 7.14. The zero-order chi connectivity index (χ0) is 21.5. The molecule has 8 heteroatoms. The van der Waals surface area contributed by atoms with Gasteiger partial charge in [0, 0.05) is 23.2 Å². The van der Waals surface area contributed by atoms with Crippen molar-refractivity contribution in [3.05, 3.63) is 40.6 Å². The zero-order valence-electron chi connectivity index (χ0n) is 17.6. The molecule has 3 rings (SSSR count). The highest BCUT2D eigenvalue weighted by Gasteiger charge is 2.24. The summed E-state index contributed by atoms with van der Waals surface area (Å²) in [6, 6.07) is 9.57. The van der Waals surface area contributed by atoms with Crippen molar-refractivity contribution >= 4 is 28.9 Å². The first kappa shape index (κ1) is 22.1. The van der Waals surface area contributed by atoms with E-state index in [1.165, 1.54) is 7.11 Å². The standard InChI is InChI=1S/C22H28N2O5S/c1-4-23(13-16(2)22(26)27-3)15-21(25)24(14-18-6-5-11-30-18)17-7-8-19-20(12-17)29-10-9-28-19/h5-8,11-12,16H,4,9-10,13-15H2,1-3H3. The first-order valence-electron chi connectivity index (χ1n) is 10.0. The monoisotopic (exact) mass is 432 g/mol. The lowest BCUT2D eigenvalue weighted by Crippen LogP contribution is -2.42. The second kappa shape index (κ2) is 10.4. The lowest BCUT2D eigenvalue weighted by molar-refractivity contribution is -0.145. The van der Waals surface area contributed by atoms with Crippen LogP contribution in [0.3, 0.4) is 0 Å². The highest BCUT2D eigenvalue weighted by atomic mass is 32.1. The number of ether oxygens (including phenoxy) is 3. The average Bonchev–Trinajstić information content (AvgIpc) is 3.29. The summed E-state index contributed by atoms with van der Waals surface area (Å²) < 4.78 is 16.1. The Bertz CT molecular complexity index is 855. The fourth-order valence-electron chi connectivity index (χ4n) is 3.33. The molecule has 1 amide bonds. The van der Waals surface area contributed by atoms with Gasteiger partial charge in [0.1, 0.15) is 13.2 Å². The Morgan fingerprint density at radius 2 is 1.97 bits per heavy atom. The number of carbonyl (C=O) groups excluding carboxylic acids is 2. The van der Waals surface area contributed by atoms with E-state index in [0.29, 0.717) is 44.3 Å². The van der Waals surface area contributed by atoms with Gasteiger partial charge in [0.2, 0.25) is 5.91 Å². The minimum absolute atomic E-state index is 0.0426. The van der Waals surface area contributed by atoms with Gasteiger partial charge in [-0.1, -0.05) is 19.9 Å². The van der Waals surface area contributed by atoms with Crippen LogP contribution in [-0.2, 0) is 20.9 Å². The summed E-state index contributed by atoms with van der Waals surface area (Å²) in [6.07, 6.45) is 0. The molecule has 1 unspecified atom stereocenters. The van der Waals surface area contributed by atoms with Gasteiger partial charge in [0.05, 0.1) is 26.1 Å². The quantitative estimate of drug-likeness (QED) is 0.567. The van der Waals surface area contributed by atoms with Gasteiger partial charge in [-0.2, -0.15) is 0 Å². The Hall–Kier alpha value is -2.58. The molecule has 2 heterocycles. The molecule has 0 saturated carbocycles. The van der Waals surface area contributed by atoms with Crippen LogP contribution in [0.5, 0.6) is 11.5 Å². The van der Waals surface area contributed by atoms with Crippen molar-refractivity contribution in [1.82, 2.24) is 4.90 Å². The summed E-state index contributed by atoms with van der Waals surface area (Å²) in [6.45, 7) is 6.59. The molecule has 0 N–H and O–H groups in total. The Labute approximate surface area is 181 Å². The minimum Gasteiger partial charge on any atom is -0.486 e. The van der Waals surface area contributed by atoms with E-state index in [2.05, 4.69) is 0 Å². The van der Waals surface area contributed by atoms with Crippen LogP contribution in [-0.4, -0.2) is 56.7 Å². The second-order valence-corrected chi connectivity index (χ2v) is 8.17. The summed E-state index contributed by atoms with van der Waals surface area (Å²) >= 11 is 1.61. The largest absolute Gasteiger partial charge is 0.486 e. The maximum atomic E-state index is 13.3. The molecular formula is C22H28N2O5S. The van der Waals surface area contributed by atoms with Crippen molar-refractivity contribution < 1.29 is 23.8 Å². The van der Waals surface area contributed by atoms with Gasteiger partial charge in [0.15, 0.2) is 11.5 Å². The number of benzene rings is 1. The molecule has 1 aromatic heterocycles. The summed E-state index contributed by atoms with van der Waals surface area (Å²) in [7, 11) is 1.38. The van der Waals surface area contributed by atoms with E-state index < -0.39 is 0 Å². The van der Waals surface area contributed by atoms with Gasteiger partial charge in [-0.05, 0) is 30.1 Å². The van der Waals surface area contributed by atoms with E-state index in [1.54, 1.807) is 16.2 Å². The van der Waals surface area contributed by atoms with Crippen LogP contribution < -0.4 is 14.4 Å². The SMILES string of the molecule is CCN(CC(=O)N(Cc1cccs1)c1ccc2c(c1)OCCO2)CC(C)C(=O)OC. The lowest BCUT2D eigenvalue weighted by atomic mass is 10.1. The number of amides is 1. The van der Waals surface area contributed by atoms with E-state index in [4.69, 9.17) is 14.2 Å². The van der Waals surface area contributed by atoms with Crippen LogP contribution in [0.4, 0.5) is 5.69 Å². The molecule has 0 aliphatic carbocycles. The van der Waals surface area contributed by atoms with Gasteiger partial charge in [0.25, 0.3) is 0 Å². The molecule has 1 atom stereocenters. The summed E-state index contributed by atoms with van der Waals surface area (Å²) in [5.41, 5.74) is 0.759. The van der Waals surface area contributed by atoms with Crippen molar-refractivity contribution in [3.8, 4) is 11.5 Å². The third-order valence-electron chi connectivity index (χ3n) is 4.97. The highest BCUT2D eigenvalue weighted by Crippen LogP contribution is 2.34. The van der Waals surface area contributed by atoms with E-state index in [0.717, 1.165) is 10.6 Å². The molecule has 0 radical (unpaired) electrons. The molecule has 0 spiro atoms. The van der Waals surface area contributed by atoms with Crippen molar-refractivity contribution in [2.75, 3.05) is 44.9 Å². The molecule has 2 aromatic rings. The van der Waals surface area contributed by atoms with Crippen molar-refractivity contribution in [2.24, 2.45) is 5.92 Å². The van der Waals surface area contributed by atoms with Crippen molar-refractivity contribution in [2.45, 2.75) is 20.4 Å².